The lowest BCUT2D eigenvalue weighted by Crippen LogP contribution is -2.04. The van der Waals surface area contributed by atoms with Gasteiger partial charge in [0.25, 0.3) is 0 Å². The SMILES string of the molecule is CCOc1cc(Oc2ncc(C)cc2C)cc2c1nc(COc1cccc(C(=O)O)c1)n2C. The number of imidazole rings is 1. The topological polar surface area (TPSA) is 95.7 Å². The fourth-order valence-electron chi connectivity index (χ4n) is 3.52. The number of ether oxygens (including phenoxy) is 3. The van der Waals surface area contributed by atoms with Gasteiger partial charge >= 0.3 is 5.97 Å². The van der Waals surface area contributed by atoms with Gasteiger partial charge in [-0.15, -0.1) is 0 Å². The molecule has 0 aliphatic heterocycles. The number of aromatic nitrogens is 3. The van der Waals surface area contributed by atoms with Crippen molar-refractivity contribution in [2.45, 2.75) is 27.4 Å². The quantitative estimate of drug-likeness (QED) is 0.404. The van der Waals surface area contributed by atoms with Crippen molar-refractivity contribution in [3.8, 4) is 23.1 Å². The summed E-state index contributed by atoms with van der Waals surface area (Å²) in [4.78, 5) is 20.3. The summed E-state index contributed by atoms with van der Waals surface area (Å²) in [6.07, 6.45) is 1.77. The number of carboxylic acids is 1. The van der Waals surface area contributed by atoms with E-state index in [0.29, 0.717) is 41.1 Å². The van der Waals surface area contributed by atoms with Crippen LogP contribution in [0.15, 0.2) is 48.7 Å². The molecule has 0 amide bonds. The largest absolute Gasteiger partial charge is 0.491 e. The Kier molecular flexibility index (Phi) is 6.17. The van der Waals surface area contributed by atoms with Crippen LogP contribution in [0, 0.1) is 13.8 Å². The summed E-state index contributed by atoms with van der Waals surface area (Å²) in [5, 5.41) is 9.18. The molecule has 0 spiro atoms. The summed E-state index contributed by atoms with van der Waals surface area (Å²) in [6.45, 7) is 6.49. The van der Waals surface area contributed by atoms with E-state index in [1.54, 1.807) is 24.4 Å². The van der Waals surface area contributed by atoms with Gasteiger partial charge < -0.3 is 23.9 Å². The highest BCUT2D eigenvalue weighted by atomic mass is 16.5. The third kappa shape index (κ3) is 4.74. The van der Waals surface area contributed by atoms with E-state index in [4.69, 9.17) is 19.2 Å². The van der Waals surface area contributed by atoms with Gasteiger partial charge in [-0.05, 0) is 50.6 Å². The lowest BCUT2D eigenvalue weighted by atomic mass is 10.2. The van der Waals surface area contributed by atoms with E-state index >= 15 is 0 Å². The number of nitrogens with zero attached hydrogens (tertiary/aromatic N) is 3. The molecule has 0 aliphatic carbocycles. The Balaban J connectivity index is 1.65. The summed E-state index contributed by atoms with van der Waals surface area (Å²) in [6, 6.07) is 12.1. The van der Waals surface area contributed by atoms with E-state index in [0.717, 1.165) is 16.6 Å². The number of carbonyl (C=O) groups is 1. The van der Waals surface area contributed by atoms with Gasteiger partial charge in [-0.25, -0.2) is 14.8 Å². The fourth-order valence-corrected chi connectivity index (χ4v) is 3.52. The van der Waals surface area contributed by atoms with Crippen molar-refractivity contribution in [3.05, 3.63) is 71.2 Å². The molecule has 0 fully saturated rings. The molecule has 0 unspecified atom stereocenters. The highest BCUT2D eigenvalue weighted by Gasteiger charge is 2.17. The second-order valence-electron chi connectivity index (χ2n) is 7.67. The maximum absolute atomic E-state index is 11.2. The molecule has 1 N–H and O–H groups in total. The average molecular weight is 447 g/mol. The van der Waals surface area contributed by atoms with Crippen molar-refractivity contribution in [1.29, 1.82) is 0 Å². The van der Waals surface area contributed by atoms with Crippen LogP contribution < -0.4 is 14.2 Å². The Morgan fingerprint density at radius 2 is 1.91 bits per heavy atom. The van der Waals surface area contributed by atoms with Crippen molar-refractivity contribution in [2.24, 2.45) is 7.05 Å². The minimum Gasteiger partial charge on any atom is -0.491 e. The normalized spacial score (nSPS) is 10.9. The summed E-state index contributed by atoms with van der Waals surface area (Å²) in [7, 11) is 1.89. The van der Waals surface area contributed by atoms with Crippen LogP contribution in [0.5, 0.6) is 23.1 Å². The van der Waals surface area contributed by atoms with Gasteiger partial charge in [0.15, 0.2) is 5.75 Å². The van der Waals surface area contributed by atoms with Gasteiger partial charge in [-0.1, -0.05) is 6.07 Å². The van der Waals surface area contributed by atoms with Crippen LogP contribution in [0.3, 0.4) is 0 Å². The molecule has 0 saturated carbocycles. The van der Waals surface area contributed by atoms with Gasteiger partial charge in [-0.2, -0.15) is 0 Å². The molecule has 2 aromatic heterocycles. The van der Waals surface area contributed by atoms with Crippen LogP contribution in [0.2, 0.25) is 0 Å². The number of benzene rings is 2. The summed E-state index contributed by atoms with van der Waals surface area (Å²) in [5.74, 6) is 1.84. The molecule has 33 heavy (non-hydrogen) atoms. The predicted octanol–water partition coefficient (Wildman–Crippen LogP) is 5.05. The minimum atomic E-state index is -1.00. The first kappa shape index (κ1) is 22.1. The van der Waals surface area contributed by atoms with Crippen molar-refractivity contribution < 1.29 is 24.1 Å². The number of aromatic carboxylic acids is 1. The van der Waals surface area contributed by atoms with E-state index in [2.05, 4.69) is 4.98 Å². The molecule has 4 aromatic rings. The number of hydrogen-bond donors (Lipinski definition) is 1. The molecule has 8 nitrogen and oxygen atoms in total. The Bertz CT molecular complexity index is 1330. The Labute approximate surface area is 191 Å². The predicted molar refractivity (Wildman–Crippen MR) is 123 cm³/mol. The number of fused-ring (bicyclic) bond motifs is 1. The third-order valence-electron chi connectivity index (χ3n) is 5.15. The van der Waals surface area contributed by atoms with Crippen LogP contribution in [-0.4, -0.2) is 32.2 Å². The fraction of sp³-hybridized carbons (Fsp3) is 0.240. The molecule has 0 radical (unpaired) electrons. The standard InChI is InChI=1S/C25H25N3O5/c1-5-31-21-12-19(33-24-16(3)9-15(2)13-26-24)11-20-23(21)27-22(28(20)4)14-32-18-8-6-7-17(10-18)25(29)30/h6-13H,5,14H2,1-4H3,(H,29,30). The first-order valence-corrected chi connectivity index (χ1v) is 10.5. The van der Waals surface area contributed by atoms with Gasteiger partial charge in [0.1, 0.15) is 29.4 Å². The second kappa shape index (κ2) is 9.20. The second-order valence-corrected chi connectivity index (χ2v) is 7.67. The van der Waals surface area contributed by atoms with E-state index < -0.39 is 5.97 Å². The van der Waals surface area contributed by atoms with Crippen molar-refractivity contribution in [1.82, 2.24) is 14.5 Å². The van der Waals surface area contributed by atoms with E-state index in [1.807, 2.05) is 44.5 Å². The molecule has 170 valence electrons. The molecule has 4 rings (SSSR count). The molecule has 2 aromatic carbocycles. The van der Waals surface area contributed by atoms with Gasteiger partial charge in [0.2, 0.25) is 5.88 Å². The minimum absolute atomic E-state index is 0.161. The first-order chi connectivity index (χ1) is 15.9. The summed E-state index contributed by atoms with van der Waals surface area (Å²) >= 11 is 0. The van der Waals surface area contributed by atoms with Gasteiger partial charge in [0.05, 0.1) is 17.7 Å². The number of carboxylic acid groups (broad SMARTS) is 1. The molecule has 0 atom stereocenters. The lowest BCUT2D eigenvalue weighted by Gasteiger charge is -2.11. The number of pyridine rings is 1. The van der Waals surface area contributed by atoms with Crippen LogP contribution >= 0.6 is 0 Å². The maximum atomic E-state index is 11.2. The Morgan fingerprint density at radius 3 is 2.64 bits per heavy atom. The molecule has 0 bridgehead atoms. The summed E-state index contributed by atoms with van der Waals surface area (Å²) in [5.41, 5.74) is 3.68. The van der Waals surface area contributed by atoms with Crippen LogP contribution in [-0.2, 0) is 13.7 Å². The zero-order valence-corrected chi connectivity index (χ0v) is 19.0. The molecule has 0 saturated heterocycles. The lowest BCUT2D eigenvalue weighted by molar-refractivity contribution is 0.0696. The monoisotopic (exact) mass is 447 g/mol. The Morgan fingerprint density at radius 1 is 1.09 bits per heavy atom. The van der Waals surface area contributed by atoms with Gasteiger partial charge in [-0.3, -0.25) is 0 Å². The van der Waals surface area contributed by atoms with Gasteiger partial charge in [0, 0.05) is 30.9 Å². The van der Waals surface area contributed by atoms with Crippen molar-refractivity contribution in [2.75, 3.05) is 6.61 Å². The van der Waals surface area contributed by atoms with Crippen LogP contribution in [0.1, 0.15) is 34.2 Å². The van der Waals surface area contributed by atoms with Crippen molar-refractivity contribution >= 4 is 17.0 Å². The highest BCUT2D eigenvalue weighted by molar-refractivity contribution is 5.88. The third-order valence-corrected chi connectivity index (χ3v) is 5.15. The molecule has 2 heterocycles. The van der Waals surface area contributed by atoms with E-state index in [-0.39, 0.29) is 12.2 Å². The van der Waals surface area contributed by atoms with Crippen LogP contribution in [0.4, 0.5) is 0 Å². The smallest absolute Gasteiger partial charge is 0.335 e. The first-order valence-electron chi connectivity index (χ1n) is 10.5. The van der Waals surface area contributed by atoms with Crippen molar-refractivity contribution in [3.63, 3.8) is 0 Å². The zero-order valence-electron chi connectivity index (χ0n) is 19.0. The molecular weight excluding hydrogens is 422 g/mol. The number of aryl methyl sites for hydroxylation is 3. The zero-order chi connectivity index (χ0) is 23.5. The van der Waals surface area contributed by atoms with E-state index in [1.165, 1.54) is 12.1 Å². The number of rotatable bonds is 8. The number of hydrogen-bond acceptors (Lipinski definition) is 6. The Hall–Kier alpha value is -4.07. The highest BCUT2D eigenvalue weighted by Crippen LogP contribution is 2.34. The average Bonchev–Trinajstić information content (AvgIpc) is 3.10. The molecular formula is C25H25N3O5. The summed E-state index contributed by atoms with van der Waals surface area (Å²) < 4.78 is 19.6. The molecule has 8 heteroatoms. The maximum Gasteiger partial charge on any atom is 0.335 e. The van der Waals surface area contributed by atoms with E-state index in [9.17, 15) is 9.90 Å². The van der Waals surface area contributed by atoms with Crippen LogP contribution in [0.25, 0.3) is 11.0 Å². The molecule has 0 aliphatic rings.